The van der Waals surface area contributed by atoms with E-state index in [1.165, 1.54) is 12.0 Å². The van der Waals surface area contributed by atoms with E-state index in [1.54, 1.807) is 11.3 Å². The molecule has 0 saturated heterocycles. The molecule has 1 aromatic rings. The number of rotatable bonds is 5. The van der Waals surface area contributed by atoms with Gasteiger partial charge in [-0.05, 0) is 32.3 Å². The highest BCUT2D eigenvalue weighted by Crippen LogP contribution is 2.27. The van der Waals surface area contributed by atoms with Crippen LogP contribution in [0.15, 0.2) is 17.5 Å². The molecule has 0 amide bonds. The van der Waals surface area contributed by atoms with Gasteiger partial charge in [0.25, 0.3) is 0 Å². The molecular formula is C13H21NO2S. The number of hydrogen-bond acceptors (Lipinski definition) is 4. The SMILES string of the molecule is COC(=O)C(C)C(C)N(C)C(C)c1cccs1. The van der Waals surface area contributed by atoms with Crippen LogP contribution in [0.25, 0.3) is 0 Å². The standard InChI is InChI=1S/C13H21NO2S/c1-9(13(15)16-5)10(2)14(4)11(3)12-7-6-8-17-12/h6-11H,1-5H3. The van der Waals surface area contributed by atoms with Gasteiger partial charge in [0.05, 0.1) is 13.0 Å². The predicted molar refractivity (Wildman–Crippen MR) is 71.1 cm³/mol. The minimum Gasteiger partial charge on any atom is -0.469 e. The van der Waals surface area contributed by atoms with Crippen molar-refractivity contribution in [2.45, 2.75) is 32.9 Å². The molecule has 0 spiro atoms. The zero-order valence-corrected chi connectivity index (χ0v) is 12.0. The second kappa shape index (κ2) is 6.17. The maximum atomic E-state index is 11.5. The molecule has 4 heteroatoms. The number of nitrogens with zero attached hydrogens (tertiary/aromatic N) is 1. The molecule has 96 valence electrons. The van der Waals surface area contributed by atoms with Crippen molar-refractivity contribution in [3.05, 3.63) is 22.4 Å². The van der Waals surface area contributed by atoms with Crippen LogP contribution in [-0.2, 0) is 9.53 Å². The fourth-order valence-electron chi connectivity index (χ4n) is 1.82. The van der Waals surface area contributed by atoms with Crippen molar-refractivity contribution in [1.82, 2.24) is 4.90 Å². The first kappa shape index (κ1) is 14.2. The molecule has 0 radical (unpaired) electrons. The van der Waals surface area contributed by atoms with E-state index in [2.05, 4.69) is 43.3 Å². The van der Waals surface area contributed by atoms with E-state index in [4.69, 9.17) is 4.74 Å². The lowest BCUT2D eigenvalue weighted by Crippen LogP contribution is -2.39. The minimum atomic E-state index is -0.150. The number of carbonyl (C=O) groups is 1. The van der Waals surface area contributed by atoms with Crippen LogP contribution in [0.4, 0.5) is 0 Å². The highest BCUT2D eigenvalue weighted by Gasteiger charge is 2.27. The summed E-state index contributed by atoms with van der Waals surface area (Å²) in [5, 5.41) is 2.08. The number of carbonyl (C=O) groups excluding carboxylic acids is 1. The van der Waals surface area contributed by atoms with Crippen molar-refractivity contribution in [2.75, 3.05) is 14.2 Å². The molecule has 0 aliphatic rings. The summed E-state index contributed by atoms with van der Waals surface area (Å²) in [6.45, 7) is 6.13. The molecule has 1 aromatic heterocycles. The Labute approximate surface area is 107 Å². The molecule has 0 aliphatic carbocycles. The molecule has 3 nitrogen and oxygen atoms in total. The van der Waals surface area contributed by atoms with Crippen molar-refractivity contribution in [1.29, 1.82) is 0 Å². The number of methoxy groups -OCH3 is 1. The largest absolute Gasteiger partial charge is 0.469 e. The quantitative estimate of drug-likeness (QED) is 0.758. The highest BCUT2D eigenvalue weighted by atomic mass is 32.1. The van der Waals surface area contributed by atoms with Crippen LogP contribution in [0, 0.1) is 5.92 Å². The van der Waals surface area contributed by atoms with Crippen LogP contribution in [0.1, 0.15) is 31.7 Å². The maximum Gasteiger partial charge on any atom is 0.309 e. The Morgan fingerprint density at radius 1 is 1.41 bits per heavy atom. The molecule has 0 bridgehead atoms. The third-order valence-corrected chi connectivity index (χ3v) is 4.55. The first-order valence-electron chi connectivity index (χ1n) is 5.82. The molecule has 1 rings (SSSR count). The second-order valence-corrected chi connectivity index (χ2v) is 5.39. The topological polar surface area (TPSA) is 29.5 Å². The van der Waals surface area contributed by atoms with E-state index in [-0.39, 0.29) is 17.9 Å². The van der Waals surface area contributed by atoms with Crippen LogP contribution in [0.3, 0.4) is 0 Å². The molecule has 0 aliphatic heterocycles. The van der Waals surface area contributed by atoms with Gasteiger partial charge in [-0.3, -0.25) is 9.69 Å². The van der Waals surface area contributed by atoms with Crippen LogP contribution in [0.2, 0.25) is 0 Å². The number of esters is 1. The highest BCUT2D eigenvalue weighted by molar-refractivity contribution is 7.10. The molecule has 1 heterocycles. The minimum absolute atomic E-state index is 0.118. The average molecular weight is 255 g/mol. The Kier molecular flexibility index (Phi) is 5.15. The van der Waals surface area contributed by atoms with Crippen molar-refractivity contribution >= 4 is 17.3 Å². The summed E-state index contributed by atoms with van der Waals surface area (Å²) >= 11 is 1.74. The summed E-state index contributed by atoms with van der Waals surface area (Å²) in [6, 6.07) is 4.65. The molecule has 0 aromatic carbocycles. The predicted octanol–water partition coefficient (Wildman–Crippen LogP) is 2.94. The first-order chi connectivity index (χ1) is 7.99. The first-order valence-corrected chi connectivity index (χ1v) is 6.70. The van der Waals surface area contributed by atoms with E-state index in [0.717, 1.165) is 0 Å². The number of ether oxygens (including phenoxy) is 1. The van der Waals surface area contributed by atoms with E-state index >= 15 is 0 Å². The Morgan fingerprint density at radius 3 is 2.53 bits per heavy atom. The normalized spacial score (nSPS) is 16.6. The Hall–Kier alpha value is -0.870. The third kappa shape index (κ3) is 3.30. The van der Waals surface area contributed by atoms with Gasteiger partial charge in [-0.2, -0.15) is 0 Å². The average Bonchev–Trinajstić information content (AvgIpc) is 2.87. The Bertz CT molecular complexity index is 350. The van der Waals surface area contributed by atoms with Gasteiger partial charge in [-0.1, -0.05) is 13.0 Å². The van der Waals surface area contributed by atoms with E-state index in [9.17, 15) is 4.79 Å². The smallest absolute Gasteiger partial charge is 0.309 e. The molecule has 3 atom stereocenters. The molecule has 0 saturated carbocycles. The zero-order valence-electron chi connectivity index (χ0n) is 11.1. The molecule has 17 heavy (non-hydrogen) atoms. The van der Waals surface area contributed by atoms with Gasteiger partial charge >= 0.3 is 5.97 Å². The fourth-order valence-corrected chi connectivity index (χ4v) is 2.65. The molecular weight excluding hydrogens is 234 g/mol. The van der Waals surface area contributed by atoms with Crippen LogP contribution >= 0.6 is 11.3 Å². The summed E-state index contributed by atoms with van der Waals surface area (Å²) in [6.07, 6.45) is 0. The third-order valence-electron chi connectivity index (χ3n) is 3.50. The van der Waals surface area contributed by atoms with Crippen LogP contribution < -0.4 is 0 Å². The maximum absolute atomic E-state index is 11.5. The van der Waals surface area contributed by atoms with E-state index in [1.807, 2.05) is 6.92 Å². The van der Waals surface area contributed by atoms with E-state index in [0.29, 0.717) is 6.04 Å². The van der Waals surface area contributed by atoms with Crippen molar-refractivity contribution in [2.24, 2.45) is 5.92 Å². The Morgan fingerprint density at radius 2 is 2.06 bits per heavy atom. The molecule has 0 fully saturated rings. The van der Waals surface area contributed by atoms with Gasteiger partial charge < -0.3 is 4.74 Å². The van der Waals surface area contributed by atoms with Gasteiger partial charge in [0, 0.05) is 17.0 Å². The zero-order chi connectivity index (χ0) is 13.0. The molecule has 3 unspecified atom stereocenters. The number of hydrogen-bond donors (Lipinski definition) is 0. The van der Waals surface area contributed by atoms with Gasteiger partial charge in [-0.25, -0.2) is 0 Å². The van der Waals surface area contributed by atoms with Gasteiger partial charge in [0.1, 0.15) is 0 Å². The van der Waals surface area contributed by atoms with E-state index < -0.39 is 0 Å². The van der Waals surface area contributed by atoms with Crippen LogP contribution in [-0.4, -0.2) is 31.1 Å². The summed E-state index contributed by atoms with van der Waals surface area (Å²) < 4.78 is 4.79. The van der Waals surface area contributed by atoms with Crippen molar-refractivity contribution in [3.8, 4) is 0 Å². The lowest BCUT2D eigenvalue weighted by Gasteiger charge is -2.32. The van der Waals surface area contributed by atoms with Gasteiger partial charge in [0.2, 0.25) is 0 Å². The molecule has 0 N–H and O–H groups in total. The summed E-state index contributed by atoms with van der Waals surface area (Å²) in [4.78, 5) is 15.1. The fraction of sp³-hybridized carbons (Fsp3) is 0.615. The summed E-state index contributed by atoms with van der Waals surface area (Å²) in [7, 11) is 3.49. The van der Waals surface area contributed by atoms with Crippen molar-refractivity contribution < 1.29 is 9.53 Å². The summed E-state index contributed by atoms with van der Waals surface area (Å²) in [5.41, 5.74) is 0. The van der Waals surface area contributed by atoms with Crippen LogP contribution in [0.5, 0.6) is 0 Å². The van der Waals surface area contributed by atoms with Gasteiger partial charge in [0.15, 0.2) is 0 Å². The lowest BCUT2D eigenvalue weighted by molar-refractivity contribution is -0.147. The number of thiophene rings is 1. The summed E-state index contributed by atoms with van der Waals surface area (Å²) in [5.74, 6) is -0.268. The van der Waals surface area contributed by atoms with Gasteiger partial charge in [-0.15, -0.1) is 11.3 Å². The second-order valence-electron chi connectivity index (χ2n) is 4.41. The Balaban J connectivity index is 2.69. The monoisotopic (exact) mass is 255 g/mol. The van der Waals surface area contributed by atoms with Crippen molar-refractivity contribution in [3.63, 3.8) is 0 Å². The lowest BCUT2D eigenvalue weighted by atomic mass is 10.0.